The summed E-state index contributed by atoms with van der Waals surface area (Å²) in [5.74, 6) is 0. The molecule has 0 aromatic heterocycles. The van der Waals surface area contributed by atoms with E-state index in [0.717, 1.165) is 0 Å². The molecule has 0 aromatic rings. The van der Waals surface area contributed by atoms with E-state index < -0.39 is 7.26 Å². The highest BCUT2D eigenvalue weighted by atomic mass is 35.5. The molecule has 76 valence electrons. The summed E-state index contributed by atoms with van der Waals surface area (Å²) in [4.78, 5) is 0. The van der Waals surface area contributed by atoms with Crippen molar-refractivity contribution in [1.29, 1.82) is 0 Å². The predicted molar refractivity (Wildman–Crippen MR) is 58.3 cm³/mol. The first kappa shape index (κ1) is 15.2. The predicted octanol–water partition coefficient (Wildman–Crippen LogP) is 0.868. The van der Waals surface area contributed by atoms with Crippen LogP contribution in [0.5, 0.6) is 0 Å². The molecule has 0 nitrogen and oxygen atoms in total. The number of hydrogen-bond donors (Lipinski definition) is 0. The van der Waals surface area contributed by atoms with Gasteiger partial charge in [0.05, 0.1) is 12.3 Å². The van der Waals surface area contributed by atoms with Crippen molar-refractivity contribution in [3.8, 4) is 0 Å². The SMILES string of the molecule is CCCC[P+](C)(C)CCCC.[Cl-]. The topological polar surface area (TPSA) is 0 Å². The molecule has 12 heavy (non-hydrogen) atoms. The molecule has 0 aliphatic carbocycles. The average Bonchev–Trinajstić information content (AvgIpc) is 1.97. The van der Waals surface area contributed by atoms with Crippen LogP contribution in [0.1, 0.15) is 39.5 Å². The minimum Gasteiger partial charge on any atom is -1.00 e. The van der Waals surface area contributed by atoms with Gasteiger partial charge in [0, 0.05) is 20.6 Å². The van der Waals surface area contributed by atoms with Gasteiger partial charge in [-0.15, -0.1) is 0 Å². The second kappa shape index (κ2) is 8.32. The third kappa shape index (κ3) is 8.81. The van der Waals surface area contributed by atoms with Crippen molar-refractivity contribution in [3.05, 3.63) is 0 Å². The van der Waals surface area contributed by atoms with Gasteiger partial charge in [0.1, 0.15) is 0 Å². The van der Waals surface area contributed by atoms with Crippen molar-refractivity contribution < 1.29 is 12.4 Å². The first-order valence-electron chi connectivity index (χ1n) is 4.94. The van der Waals surface area contributed by atoms with Crippen LogP contribution in [-0.4, -0.2) is 25.7 Å². The van der Waals surface area contributed by atoms with Gasteiger partial charge in [-0.3, -0.25) is 0 Å². The molecule has 0 radical (unpaired) electrons. The highest BCUT2D eigenvalue weighted by molar-refractivity contribution is 7.74. The molecule has 0 aliphatic rings. The number of rotatable bonds is 6. The largest absolute Gasteiger partial charge is 1.00 e. The van der Waals surface area contributed by atoms with Crippen molar-refractivity contribution in [3.63, 3.8) is 0 Å². The van der Waals surface area contributed by atoms with Gasteiger partial charge in [0.2, 0.25) is 0 Å². The second-order valence-electron chi connectivity index (χ2n) is 4.09. The highest BCUT2D eigenvalue weighted by Gasteiger charge is 2.22. The molecule has 0 aromatic carbocycles. The molecule has 0 N–H and O–H groups in total. The van der Waals surface area contributed by atoms with E-state index in [1.807, 2.05) is 0 Å². The molecular weight excluding hydrogens is 187 g/mol. The Labute approximate surface area is 85.3 Å². The van der Waals surface area contributed by atoms with Crippen molar-refractivity contribution in [2.45, 2.75) is 39.5 Å². The molecule has 0 atom stereocenters. The summed E-state index contributed by atoms with van der Waals surface area (Å²) in [5, 5.41) is 0. The van der Waals surface area contributed by atoms with E-state index >= 15 is 0 Å². The Bertz CT molecular complexity index is 81.8. The maximum atomic E-state index is 2.51. The lowest BCUT2D eigenvalue weighted by Gasteiger charge is -2.16. The zero-order valence-electron chi connectivity index (χ0n) is 9.07. The van der Waals surface area contributed by atoms with Crippen LogP contribution < -0.4 is 12.4 Å². The zero-order chi connectivity index (χ0) is 8.74. The monoisotopic (exact) mass is 210 g/mol. The van der Waals surface area contributed by atoms with Crippen LogP contribution in [0.3, 0.4) is 0 Å². The Hall–Kier alpha value is 0.720. The molecular formula is C10H24ClP. The Morgan fingerprint density at radius 2 is 1.17 bits per heavy atom. The number of halogens is 1. The molecule has 0 saturated carbocycles. The van der Waals surface area contributed by atoms with Crippen molar-refractivity contribution in [1.82, 2.24) is 0 Å². The normalized spacial score (nSPS) is 11.0. The Morgan fingerprint density at radius 1 is 0.833 bits per heavy atom. The van der Waals surface area contributed by atoms with E-state index in [1.54, 1.807) is 0 Å². The molecule has 0 amide bonds. The molecule has 0 saturated heterocycles. The Morgan fingerprint density at radius 3 is 1.42 bits per heavy atom. The Kier molecular flexibility index (Phi) is 10.5. The molecule has 0 heterocycles. The molecule has 2 heteroatoms. The van der Waals surface area contributed by atoms with Crippen LogP contribution >= 0.6 is 7.26 Å². The van der Waals surface area contributed by atoms with E-state index in [2.05, 4.69) is 27.2 Å². The van der Waals surface area contributed by atoms with Gasteiger partial charge >= 0.3 is 0 Å². The van der Waals surface area contributed by atoms with Gasteiger partial charge < -0.3 is 12.4 Å². The van der Waals surface area contributed by atoms with Gasteiger partial charge in [-0.25, -0.2) is 0 Å². The fraction of sp³-hybridized carbons (Fsp3) is 1.00. The second-order valence-corrected chi connectivity index (χ2v) is 8.86. The Balaban J connectivity index is 0. The molecule has 0 aliphatic heterocycles. The zero-order valence-corrected chi connectivity index (χ0v) is 10.7. The summed E-state index contributed by atoms with van der Waals surface area (Å²) in [6.45, 7) is 9.61. The maximum Gasteiger partial charge on any atom is 0.0588 e. The third-order valence-corrected chi connectivity index (χ3v) is 5.29. The summed E-state index contributed by atoms with van der Waals surface area (Å²) < 4.78 is 0. The standard InChI is InChI=1S/C10H24P.ClH/c1-5-7-9-11(3,4)10-8-6-2;/h5-10H2,1-4H3;1H/q+1;/p-1. The summed E-state index contributed by atoms with van der Waals surface area (Å²) in [5.41, 5.74) is 0. The maximum absolute atomic E-state index is 2.51. The minimum absolute atomic E-state index is 0. The quantitative estimate of drug-likeness (QED) is 0.571. The van der Waals surface area contributed by atoms with Gasteiger partial charge in [-0.05, 0) is 12.8 Å². The fourth-order valence-corrected chi connectivity index (χ4v) is 3.85. The van der Waals surface area contributed by atoms with Crippen LogP contribution in [0.15, 0.2) is 0 Å². The average molecular weight is 211 g/mol. The fourth-order valence-electron chi connectivity index (χ4n) is 1.28. The van der Waals surface area contributed by atoms with Crippen LogP contribution in [0.2, 0.25) is 0 Å². The lowest BCUT2D eigenvalue weighted by molar-refractivity contribution is -0.00000275. The summed E-state index contributed by atoms with van der Waals surface area (Å²) in [6.07, 6.45) is 8.67. The molecule has 0 spiro atoms. The van der Waals surface area contributed by atoms with Crippen LogP contribution in [-0.2, 0) is 0 Å². The molecule has 0 unspecified atom stereocenters. The van der Waals surface area contributed by atoms with Gasteiger partial charge in [0.25, 0.3) is 0 Å². The van der Waals surface area contributed by atoms with Crippen molar-refractivity contribution >= 4 is 7.26 Å². The highest BCUT2D eigenvalue weighted by Crippen LogP contribution is 2.52. The molecule has 0 bridgehead atoms. The first-order valence-corrected chi connectivity index (χ1v) is 7.99. The number of unbranched alkanes of at least 4 members (excludes halogenated alkanes) is 2. The van der Waals surface area contributed by atoms with Crippen molar-refractivity contribution in [2.75, 3.05) is 25.7 Å². The molecule has 0 rings (SSSR count). The first-order chi connectivity index (χ1) is 5.12. The smallest absolute Gasteiger partial charge is 0.0588 e. The molecule has 0 fully saturated rings. The van der Waals surface area contributed by atoms with E-state index in [1.165, 1.54) is 38.0 Å². The van der Waals surface area contributed by atoms with E-state index in [9.17, 15) is 0 Å². The van der Waals surface area contributed by atoms with Gasteiger partial charge in [-0.1, -0.05) is 26.7 Å². The minimum atomic E-state index is -0.476. The summed E-state index contributed by atoms with van der Waals surface area (Å²) in [7, 11) is -0.476. The van der Waals surface area contributed by atoms with E-state index in [4.69, 9.17) is 0 Å². The lowest BCUT2D eigenvalue weighted by Crippen LogP contribution is -3.00. The van der Waals surface area contributed by atoms with E-state index in [-0.39, 0.29) is 12.4 Å². The lowest BCUT2D eigenvalue weighted by atomic mass is 10.4. The van der Waals surface area contributed by atoms with Gasteiger partial charge in [-0.2, -0.15) is 0 Å². The summed E-state index contributed by atoms with van der Waals surface area (Å²) >= 11 is 0. The number of hydrogen-bond acceptors (Lipinski definition) is 0. The van der Waals surface area contributed by atoms with Crippen LogP contribution in [0.4, 0.5) is 0 Å². The summed E-state index contributed by atoms with van der Waals surface area (Å²) in [6, 6.07) is 0. The van der Waals surface area contributed by atoms with Crippen LogP contribution in [0, 0.1) is 0 Å². The van der Waals surface area contributed by atoms with Crippen LogP contribution in [0.25, 0.3) is 0 Å². The van der Waals surface area contributed by atoms with E-state index in [0.29, 0.717) is 0 Å². The van der Waals surface area contributed by atoms with Gasteiger partial charge in [0.15, 0.2) is 0 Å². The third-order valence-electron chi connectivity index (χ3n) is 2.23. The van der Waals surface area contributed by atoms with Crippen molar-refractivity contribution in [2.24, 2.45) is 0 Å².